The molecule has 2 heterocycles. The van der Waals surface area contributed by atoms with Crippen LogP contribution in [0.3, 0.4) is 0 Å². The van der Waals surface area contributed by atoms with Gasteiger partial charge in [-0.2, -0.15) is 0 Å². The number of nitrogens with zero attached hydrogens (tertiary/aromatic N) is 2. The summed E-state index contributed by atoms with van der Waals surface area (Å²) in [4.78, 5) is 13.2. The van der Waals surface area contributed by atoms with Gasteiger partial charge in [-0.3, -0.25) is 4.90 Å². The monoisotopic (exact) mass is 177 g/mol. The van der Waals surface area contributed by atoms with Crippen LogP contribution >= 0.6 is 0 Å². The quantitative estimate of drug-likeness (QED) is 0.603. The molecule has 2 rings (SSSR count). The first kappa shape index (κ1) is 7.91. The molecule has 0 aromatic carbocycles. The molecular weight excluding hydrogens is 166 g/mol. The van der Waals surface area contributed by atoms with Crippen molar-refractivity contribution in [2.75, 3.05) is 7.05 Å². The zero-order valence-corrected chi connectivity index (χ0v) is 7.61. The Labute approximate surface area is 76.8 Å². The summed E-state index contributed by atoms with van der Waals surface area (Å²) in [5.74, 6) is 0. The molecule has 4 nitrogen and oxygen atoms in total. The highest BCUT2D eigenvalue weighted by Crippen LogP contribution is 2.19. The third-order valence-corrected chi connectivity index (χ3v) is 2.03. The van der Waals surface area contributed by atoms with Crippen LogP contribution in [0.15, 0.2) is 35.8 Å². The summed E-state index contributed by atoms with van der Waals surface area (Å²) in [6.45, 7) is 1.96. The number of amides is 2. The van der Waals surface area contributed by atoms with Crippen molar-refractivity contribution in [2.24, 2.45) is 0 Å². The van der Waals surface area contributed by atoms with Gasteiger partial charge in [0.2, 0.25) is 0 Å². The van der Waals surface area contributed by atoms with E-state index in [9.17, 15) is 4.79 Å². The molecule has 2 aliphatic rings. The zero-order chi connectivity index (χ0) is 9.42. The molecule has 0 saturated heterocycles. The zero-order valence-electron chi connectivity index (χ0n) is 7.61. The highest BCUT2D eigenvalue weighted by molar-refractivity contribution is 5.79. The molecule has 13 heavy (non-hydrogen) atoms. The summed E-state index contributed by atoms with van der Waals surface area (Å²) in [5, 5.41) is 1.44. The molecule has 0 atom stereocenters. The molecule has 0 aliphatic carbocycles. The second kappa shape index (κ2) is 2.65. The lowest BCUT2D eigenvalue weighted by Crippen LogP contribution is -2.48. The number of fused-ring (bicyclic) bond motifs is 1. The highest BCUT2D eigenvalue weighted by Gasteiger charge is 2.23. The minimum atomic E-state index is -0.0683. The number of carbonyl (C=O) groups is 1. The van der Waals surface area contributed by atoms with Crippen LogP contribution in [0.1, 0.15) is 6.92 Å². The molecule has 0 aromatic rings. The summed E-state index contributed by atoms with van der Waals surface area (Å²) in [5.41, 5.74) is 4.78. The van der Waals surface area contributed by atoms with Crippen LogP contribution in [0.4, 0.5) is 4.79 Å². The number of allylic oxidation sites excluding steroid dienone is 3. The number of hydrazine groups is 1. The van der Waals surface area contributed by atoms with E-state index >= 15 is 0 Å². The van der Waals surface area contributed by atoms with Crippen LogP contribution in [0, 0.1) is 0 Å². The van der Waals surface area contributed by atoms with Gasteiger partial charge in [-0.25, -0.2) is 9.80 Å². The first-order chi connectivity index (χ1) is 6.18. The average Bonchev–Trinajstić information content (AvgIpc) is 2.12. The van der Waals surface area contributed by atoms with Crippen LogP contribution in [0.5, 0.6) is 0 Å². The van der Waals surface area contributed by atoms with Crippen molar-refractivity contribution in [3.05, 3.63) is 35.8 Å². The van der Waals surface area contributed by atoms with Gasteiger partial charge in [-0.15, -0.1) is 0 Å². The number of nitrogens with one attached hydrogen (secondary N) is 1. The van der Waals surface area contributed by atoms with Gasteiger partial charge in [0.1, 0.15) is 0 Å². The van der Waals surface area contributed by atoms with Crippen LogP contribution in [0.25, 0.3) is 0 Å². The van der Waals surface area contributed by atoms with E-state index in [1.807, 2.05) is 25.3 Å². The van der Waals surface area contributed by atoms with E-state index < -0.39 is 0 Å². The van der Waals surface area contributed by atoms with Gasteiger partial charge < -0.3 is 5.43 Å². The van der Waals surface area contributed by atoms with Gasteiger partial charge in [0.15, 0.2) is 0 Å². The summed E-state index contributed by atoms with van der Waals surface area (Å²) in [6.07, 6.45) is 7.50. The van der Waals surface area contributed by atoms with Gasteiger partial charge >= 0.3 is 6.03 Å². The smallest absolute Gasteiger partial charge is 0.300 e. The molecule has 0 aromatic heterocycles. The number of hydrogen-bond donors (Lipinski definition) is 1. The van der Waals surface area contributed by atoms with Crippen molar-refractivity contribution in [1.29, 1.82) is 0 Å². The van der Waals surface area contributed by atoms with E-state index in [1.54, 1.807) is 18.1 Å². The lowest BCUT2D eigenvalue weighted by Gasteiger charge is -2.32. The standard InChI is InChI=1S/C9H11N3O/c1-7-3-4-8-5-10-11(2)9(13)12(8)6-7/h3-6,10H,1-2H3. The van der Waals surface area contributed by atoms with Crippen molar-refractivity contribution in [1.82, 2.24) is 15.3 Å². The Bertz CT molecular complexity index is 341. The Balaban J connectivity index is 2.38. The molecule has 0 saturated carbocycles. The van der Waals surface area contributed by atoms with Crippen molar-refractivity contribution >= 4 is 6.03 Å². The van der Waals surface area contributed by atoms with Crippen molar-refractivity contribution < 1.29 is 4.79 Å². The molecule has 68 valence electrons. The maximum absolute atomic E-state index is 11.6. The first-order valence-corrected chi connectivity index (χ1v) is 4.08. The SMILES string of the molecule is CC1=CN2C(=O)N(C)NC=C2C=C1. The second-order valence-corrected chi connectivity index (χ2v) is 3.12. The summed E-state index contributed by atoms with van der Waals surface area (Å²) >= 11 is 0. The largest absolute Gasteiger partial charge is 0.347 e. The van der Waals surface area contributed by atoms with E-state index in [0.29, 0.717) is 0 Å². The number of rotatable bonds is 0. The van der Waals surface area contributed by atoms with Crippen molar-refractivity contribution in [3.8, 4) is 0 Å². The molecule has 4 heteroatoms. The lowest BCUT2D eigenvalue weighted by molar-refractivity contribution is 0.169. The van der Waals surface area contributed by atoms with Gasteiger partial charge in [-0.1, -0.05) is 6.08 Å². The van der Waals surface area contributed by atoms with Gasteiger partial charge in [-0.05, 0) is 18.6 Å². The van der Waals surface area contributed by atoms with Crippen molar-refractivity contribution in [3.63, 3.8) is 0 Å². The Morgan fingerprint density at radius 2 is 2.15 bits per heavy atom. The van der Waals surface area contributed by atoms with Gasteiger partial charge in [0, 0.05) is 19.4 Å². The molecule has 0 spiro atoms. The van der Waals surface area contributed by atoms with Crippen molar-refractivity contribution in [2.45, 2.75) is 6.92 Å². The molecule has 0 fully saturated rings. The van der Waals surface area contributed by atoms with Crippen LogP contribution < -0.4 is 5.43 Å². The Hall–Kier alpha value is -1.71. The highest BCUT2D eigenvalue weighted by atomic mass is 16.2. The minimum absolute atomic E-state index is 0.0683. The Morgan fingerprint density at radius 3 is 2.92 bits per heavy atom. The average molecular weight is 177 g/mol. The topological polar surface area (TPSA) is 35.6 Å². The fourth-order valence-corrected chi connectivity index (χ4v) is 1.28. The number of urea groups is 1. The van der Waals surface area contributed by atoms with Crippen LogP contribution in [0.2, 0.25) is 0 Å². The molecule has 0 radical (unpaired) electrons. The van der Waals surface area contributed by atoms with Crippen LogP contribution in [-0.2, 0) is 0 Å². The first-order valence-electron chi connectivity index (χ1n) is 4.08. The van der Waals surface area contributed by atoms with E-state index in [1.165, 1.54) is 5.01 Å². The minimum Gasteiger partial charge on any atom is -0.300 e. The Morgan fingerprint density at radius 1 is 1.38 bits per heavy atom. The summed E-state index contributed by atoms with van der Waals surface area (Å²) in [6, 6.07) is -0.0683. The normalized spacial score (nSPS) is 20.6. The number of hydrogen-bond acceptors (Lipinski definition) is 2. The van der Waals surface area contributed by atoms with E-state index in [0.717, 1.165) is 11.3 Å². The van der Waals surface area contributed by atoms with Crippen LogP contribution in [-0.4, -0.2) is 23.0 Å². The fourth-order valence-electron chi connectivity index (χ4n) is 1.28. The maximum Gasteiger partial charge on any atom is 0.347 e. The van der Waals surface area contributed by atoms with E-state index in [4.69, 9.17) is 0 Å². The molecule has 0 bridgehead atoms. The molecule has 0 unspecified atom stereocenters. The predicted octanol–water partition coefficient (Wildman–Crippen LogP) is 1.17. The van der Waals surface area contributed by atoms with E-state index in [2.05, 4.69) is 5.43 Å². The summed E-state index contributed by atoms with van der Waals surface area (Å²) in [7, 11) is 1.69. The third-order valence-electron chi connectivity index (χ3n) is 2.03. The molecule has 1 N–H and O–H groups in total. The Kier molecular flexibility index (Phi) is 1.62. The van der Waals surface area contributed by atoms with E-state index in [-0.39, 0.29) is 6.03 Å². The van der Waals surface area contributed by atoms with Gasteiger partial charge in [0.25, 0.3) is 0 Å². The maximum atomic E-state index is 11.6. The van der Waals surface area contributed by atoms with Gasteiger partial charge in [0.05, 0.1) is 5.70 Å². The summed E-state index contributed by atoms with van der Waals surface area (Å²) < 4.78 is 0. The molecule has 2 aliphatic heterocycles. The molecular formula is C9H11N3O. The lowest BCUT2D eigenvalue weighted by atomic mass is 10.2. The fraction of sp³-hybridized carbons (Fsp3) is 0.222. The molecule has 2 amide bonds. The second-order valence-electron chi connectivity index (χ2n) is 3.12. The predicted molar refractivity (Wildman–Crippen MR) is 49.1 cm³/mol. The third kappa shape index (κ3) is 1.20. The number of carbonyl (C=O) groups excluding carboxylic acids is 1.